The predicted molar refractivity (Wildman–Crippen MR) is 88.7 cm³/mol. The van der Waals surface area contributed by atoms with Gasteiger partial charge in [-0.2, -0.15) is 0 Å². The number of carbonyl (C=O) groups excluding carboxylic acids is 1. The second kappa shape index (κ2) is 5.93. The zero-order valence-electron chi connectivity index (χ0n) is 10.9. The molecule has 0 bridgehead atoms. The number of anilines is 1. The van der Waals surface area contributed by atoms with Crippen molar-refractivity contribution >= 4 is 34.2 Å². The monoisotopic (exact) mass is 378 g/mol. The lowest BCUT2D eigenvalue weighted by atomic mass is 9.90. The topological polar surface area (TPSA) is 41.1 Å². The zero-order chi connectivity index (χ0) is 13.9. The highest BCUT2D eigenvalue weighted by Crippen LogP contribution is 2.25. The molecule has 1 aliphatic heterocycles. The third-order valence-corrected chi connectivity index (χ3v) is 4.24. The number of hydrogen-bond acceptors (Lipinski definition) is 2. The number of hydrogen-bond donors (Lipinski definition) is 2. The van der Waals surface area contributed by atoms with Crippen LogP contribution in [0.15, 0.2) is 48.5 Å². The molecule has 0 fully saturated rings. The van der Waals surface area contributed by atoms with Crippen LogP contribution in [0.25, 0.3) is 0 Å². The molecule has 1 unspecified atom stereocenters. The van der Waals surface area contributed by atoms with Crippen LogP contribution in [0.1, 0.15) is 17.0 Å². The van der Waals surface area contributed by atoms with E-state index in [1.54, 1.807) is 0 Å². The lowest BCUT2D eigenvalue weighted by Crippen LogP contribution is -2.35. The van der Waals surface area contributed by atoms with Crippen LogP contribution in [-0.4, -0.2) is 12.5 Å². The van der Waals surface area contributed by atoms with Crippen molar-refractivity contribution in [3.63, 3.8) is 0 Å². The molecule has 0 saturated carbocycles. The average Bonchev–Trinajstić information content (AvgIpc) is 2.49. The summed E-state index contributed by atoms with van der Waals surface area (Å²) in [5, 5.41) is 6.30. The molecule has 0 radical (unpaired) electrons. The van der Waals surface area contributed by atoms with Crippen molar-refractivity contribution in [1.82, 2.24) is 5.32 Å². The maximum absolute atomic E-state index is 12.5. The molecular formula is C16H15IN2O. The van der Waals surface area contributed by atoms with E-state index in [4.69, 9.17) is 0 Å². The van der Waals surface area contributed by atoms with E-state index in [9.17, 15) is 4.79 Å². The first-order valence-corrected chi connectivity index (χ1v) is 7.67. The lowest BCUT2D eigenvalue weighted by molar-refractivity contribution is -0.117. The van der Waals surface area contributed by atoms with Gasteiger partial charge in [0.05, 0.1) is 5.92 Å². The number of fused-ring (bicyclic) bond motifs is 1. The summed E-state index contributed by atoms with van der Waals surface area (Å²) >= 11 is 2.25. The van der Waals surface area contributed by atoms with Crippen LogP contribution in [0, 0.1) is 3.57 Å². The van der Waals surface area contributed by atoms with E-state index in [-0.39, 0.29) is 11.8 Å². The fraction of sp³-hybridized carbons (Fsp3) is 0.188. The standard InChI is InChI=1S/C16H15IN2O/c17-12-5-7-13(8-6-12)19-16(20)15-10-18-9-11-3-1-2-4-14(11)15/h1-8,15,18H,9-10H2,(H,19,20). The summed E-state index contributed by atoms with van der Waals surface area (Å²) in [5.74, 6) is -0.0786. The van der Waals surface area contributed by atoms with Gasteiger partial charge in [-0.05, 0) is 58.0 Å². The maximum atomic E-state index is 12.5. The van der Waals surface area contributed by atoms with Gasteiger partial charge in [0.2, 0.25) is 5.91 Å². The SMILES string of the molecule is O=C(Nc1ccc(I)cc1)C1CNCc2ccccc21. The summed E-state index contributed by atoms with van der Waals surface area (Å²) in [4.78, 5) is 12.5. The quantitative estimate of drug-likeness (QED) is 0.789. The van der Waals surface area contributed by atoms with Crippen molar-refractivity contribution < 1.29 is 4.79 Å². The molecule has 1 amide bonds. The normalized spacial score (nSPS) is 17.4. The summed E-state index contributed by atoms with van der Waals surface area (Å²) in [5.41, 5.74) is 3.19. The third-order valence-electron chi connectivity index (χ3n) is 3.52. The Morgan fingerprint density at radius 1 is 1.15 bits per heavy atom. The fourth-order valence-electron chi connectivity index (χ4n) is 2.49. The highest BCUT2D eigenvalue weighted by Gasteiger charge is 2.25. The summed E-state index contributed by atoms with van der Waals surface area (Å²) in [6, 6.07) is 16.0. The molecule has 102 valence electrons. The van der Waals surface area contributed by atoms with Gasteiger partial charge < -0.3 is 10.6 Å². The summed E-state index contributed by atoms with van der Waals surface area (Å²) < 4.78 is 1.16. The van der Waals surface area contributed by atoms with Gasteiger partial charge in [-0.15, -0.1) is 0 Å². The number of amides is 1. The molecule has 1 heterocycles. The van der Waals surface area contributed by atoms with E-state index < -0.39 is 0 Å². The van der Waals surface area contributed by atoms with Gasteiger partial charge in [0, 0.05) is 22.3 Å². The molecule has 0 saturated heterocycles. The Balaban J connectivity index is 1.80. The van der Waals surface area contributed by atoms with Crippen molar-refractivity contribution in [3.8, 4) is 0 Å². The molecule has 20 heavy (non-hydrogen) atoms. The Kier molecular flexibility index (Phi) is 4.03. The van der Waals surface area contributed by atoms with Gasteiger partial charge in [-0.3, -0.25) is 4.79 Å². The molecule has 1 atom stereocenters. The van der Waals surface area contributed by atoms with Gasteiger partial charge in [-0.1, -0.05) is 24.3 Å². The Hall–Kier alpha value is -1.40. The number of carbonyl (C=O) groups is 1. The molecule has 2 aromatic rings. The minimum Gasteiger partial charge on any atom is -0.326 e. The van der Waals surface area contributed by atoms with Gasteiger partial charge in [0.15, 0.2) is 0 Å². The molecule has 0 aliphatic carbocycles. The summed E-state index contributed by atoms with van der Waals surface area (Å²) in [6.07, 6.45) is 0. The van der Waals surface area contributed by atoms with Crippen molar-refractivity contribution in [2.75, 3.05) is 11.9 Å². The first kappa shape index (κ1) is 13.6. The van der Waals surface area contributed by atoms with E-state index >= 15 is 0 Å². The first-order chi connectivity index (χ1) is 9.74. The molecule has 1 aliphatic rings. The smallest absolute Gasteiger partial charge is 0.233 e. The van der Waals surface area contributed by atoms with Gasteiger partial charge >= 0.3 is 0 Å². The molecule has 2 N–H and O–H groups in total. The van der Waals surface area contributed by atoms with E-state index in [2.05, 4.69) is 39.3 Å². The fourth-order valence-corrected chi connectivity index (χ4v) is 2.85. The Morgan fingerprint density at radius 3 is 2.70 bits per heavy atom. The van der Waals surface area contributed by atoms with Crippen LogP contribution in [0.2, 0.25) is 0 Å². The first-order valence-electron chi connectivity index (χ1n) is 6.59. The molecule has 4 heteroatoms. The highest BCUT2D eigenvalue weighted by atomic mass is 127. The lowest BCUT2D eigenvalue weighted by Gasteiger charge is -2.25. The predicted octanol–water partition coefficient (Wildman–Crippen LogP) is 3.12. The van der Waals surface area contributed by atoms with Crippen LogP contribution in [0.5, 0.6) is 0 Å². The molecular weight excluding hydrogens is 363 g/mol. The minimum absolute atomic E-state index is 0.0471. The second-order valence-electron chi connectivity index (χ2n) is 4.88. The van der Waals surface area contributed by atoms with Crippen molar-refractivity contribution in [2.24, 2.45) is 0 Å². The molecule has 0 spiro atoms. The average molecular weight is 378 g/mol. The molecule has 3 rings (SSSR count). The Morgan fingerprint density at radius 2 is 1.90 bits per heavy atom. The third kappa shape index (κ3) is 2.86. The zero-order valence-corrected chi connectivity index (χ0v) is 13.1. The number of rotatable bonds is 2. The summed E-state index contributed by atoms with van der Waals surface area (Å²) in [7, 11) is 0. The van der Waals surface area contributed by atoms with Crippen molar-refractivity contribution in [1.29, 1.82) is 0 Å². The summed E-state index contributed by atoms with van der Waals surface area (Å²) in [6.45, 7) is 1.52. The number of nitrogens with one attached hydrogen (secondary N) is 2. The van der Waals surface area contributed by atoms with Crippen molar-refractivity contribution in [3.05, 3.63) is 63.2 Å². The molecule has 3 nitrogen and oxygen atoms in total. The minimum atomic E-state index is -0.126. The second-order valence-corrected chi connectivity index (χ2v) is 6.12. The largest absolute Gasteiger partial charge is 0.326 e. The highest BCUT2D eigenvalue weighted by molar-refractivity contribution is 14.1. The van der Waals surface area contributed by atoms with E-state index in [1.165, 1.54) is 5.56 Å². The number of halogens is 1. The Bertz CT molecular complexity index is 625. The van der Waals surface area contributed by atoms with Crippen molar-refractivity contribution in [2.45, 2.75) is 12.5 Å². The van der Waals surface area contributed by atoms with Gasteiger partial charge in [0.1, 0.15) is 0 Å². The van der Waals surface area contributed by atoms with Crippen LogP contribution in [-0.2, 0) is 11.3 Å². The van der Waals surface area contributed by atoms with Crippen LogP contribution in [0.3, 0.4) is 0 Å². The van der Waals surface area contributed by atoms with E-state index in [0.29, 0.717) is 6.54 Å². The Labute approximate surface area is 131 Å². The number of benzene rings is 2. The van der Waals surface area contributed by atoms with Crippen LogP contribution < -0.4 is 10.6 Å². The van der Waals surface area contributed by atoms with Gasteiger partial charge in [-0.25, -0.2) is 0 Å². The van der Waals surface area contributed by atoms with E-state index in [0.717, 1.165) is 21.4 Å². The van der Waals surface area contributed by atoms with Gasteiger partial charge in [0.25, 0.3) is 0 Å². The van der Waals surface area contributed by atoms with E-state index in [1.807, 2.05) is 42.5 Å². The maximum Gasteiger partial charge on any atom is 0.233 e. The molecule has 2 aromatic carbocycles. The van der Waals surface area contributed by atoms with Crippen LogP contribution >= 0.6 is 22.6 Å². The van der Waals surface area contributed by atoms with Crippen LogP contribution in [0.4, 0.5) is 5.69 Å². The molecule has 0 aromatic heterocycles.